The van der Waals surface area contributed by atoms with E-state index in [1.165, 1.54) is 0 Å². The Morgan fingerprint density at radius 1 is 1.21 bits per heavy atom. The lowest BCUT2D eigenvalue weighted by Gasteiger charge is -2.21. The first-order valence-electron chi connectivity index (χ1n) is 8.26. The van der Waals surface area contributed by atoms with E-state index in [4.69, 9.17) is 0 Å². The molecule has 0 saturated carbocycles. The molecule has 1 N–H and O–H groups in total. The molecular weight excluding hydrogens is 320 g/mol. The molecule has 0 aliphatic carbocycles. The van der Waals surface area contributed by atoms with Crippen LogP contribution in [0.15, 0.2) is 41.4 Å². The van der Waals surface area contributed by atoms with Crippen LogP contribution in [0.3, 0.4) is 0 Å². The lowest BCUT2D eigenvalue weighted by Crippen LogP contribution is -2.35. The molecule has 3 heterocycles. The van der Waals surface area contributed by atoms with Gasteiger partial charge in [0.25, 0.3) is 5.91 Å². The molecule has 24 heavy (non-hydrogen) atoms. The van der Waals surface area contributed by atoms with E-state index >= 15 is 0 Å². The minimum Gasteiger partial charge on any atom is -0.360 e. The topological polar surface area (TPSA) is 52.2 Å². The maximum absolute atomic E-state index is 12.9. The minimum absolute atomic E-state index is 0.128. The molecule has 1 aliphatic rings. The fraction of sp³-hybridized carbons (Fsp3) is 0.333. The highest BCUT2D eigenvalue weighted by Gasteiger charge is 2.22. The average Bonchev–Trinajstić information content (AvgIpc) is 3.20. The third-order valence-electron chi connectivity index (χ3n) is 4.56. The van der Waals surface area contributed by atoms with Crippen molar-refractivity contribution in [1.82, 2.24) is 19.8 Å². The second-order valence-corrected chi connectivity index (χ2v) is 6.87. The molecule has 2 aromatic heterocycles. The largest absolute Gasteiger partial charge is 0.360 e. The van der Waals surface area contributed by atoms with Gasteiger partial charge in [-0.2, -0.15) is 0 Å². The number of aromatic amines is 1. The molecule has 124 valence electrons. The SMILES string of the molecule is O=C(c1c[nH]c2ccccc12)N1CCCN(Cc2cscn2)CC1. The normalized spacial score (nSPS) is 16.4. The zero-order chi connectivity index (χ0) is 16.4. The highest BCUT2D eigenvalue weighted by atomic mass is 32.1. The summed E-state index contributed by atoms with van der Waals surface area (Å²) in [5, 5.41) is 3.10. The van der Waals surface area contributed by atoms with Gasteiger partial charge in [-0.05, 0) is 12.5 Å². The van der Waals surface area contributed by atoms with Crippen LogP contribution in [0.2, 0.25) is 0 Å². The van der Waals surface area contributed by atoms with Crippen molar-refractivity contribution in [1.29, 1.82) is 0 Å². The number of amides is 1. The molecule has 0 radical (unpaired) electrons. The lowest BCUT2D eigenvalue weighted by atomic mass is 10.1. The summed E-state index contributed by atoms with van der Waals surface area (Å²) in [7, 11) is 0. The summed E-state index contributed by atoms with van der Waals surface area (Å²) in [6.07, 6.45) is 2.84. The van der Waals surface area contributed by atoms with Gasteiger partial charge in [0, 0.05) is 55.2 Å². The first-order valence-corrected chi connectivity index (χ1v) is 9.20. The second kappa shape index (κ2) is 6.75. The van der Waals surface area contributed by atoms with Crippen molar-refractivity contribution in [2.75, 3.05) is 26.2 Å². The van der Waals surface area contributed by atoms with Gasteiger partial charge in [0.05, 0.1) is 16.8 Å². The van der Waals surface area contributed by atoms with Crippen LogP contribution in [0.4, 0.5) is 0 Å². The Balaban J connectivity index is 1.46. The molecule has 1 aliphatic heterocycles. The van der Waals surface area contributed by atoms with Crippen LogP contribution in [0.1, 0.15) is 22.5 Å². The van der Waals surface area contributed by atoms with E-state index in [0.29, 0.717) is 0 Å². The number of nitrogens with one attached hydrogen (secondary N) is 1. The van der Waals surface area contributed by atoms with Gasteiger partial charge in [0.15, 0.2) is 0 Å². The molecule has 0 atom stereocenters. The van der Waals surface area contributed by atoms with Gasteiger partial charge in [-0.1, -0.05) is 18.2 Å². The maximum atomic E-state index is 12.9. The Labute approximate surface area is 144 Å². The molecule has 1 aromatic carbocycles. The number of rotatable bonds is 3. The molecule has 5 nitrogen and oxygen atoms in total. The molecular formula is C18H20N4OS. The number of hydrogen-bond donors (Lipinski definition) is 1. The minimum atomic E-state index is 0.128. The van der Waals surface area contributed by atoms with Crippen molar-refractivity contribution in [2.24, 2.45) is 0 Å². The number of hydrogen-bond acceptors (Lipinski definition) is 4. The van der Waals surface area contributed by atoms with Gasteiger partial charge >= 0.3 is 0 Å². The third kappa shape index (κ3) is 3.07. The summed E-state index contributed by atoms with van der Waals surface area (Å²) < 4.78 is 0. The molecule has 1 saturated heterocycles. The molecule has 6 heteroatoms. The van der Waals surface area contributed by atoms with Gasteiger partial charge in [0.2, 0.25) is 0 Å². The van der Waals surface area contributed by atoms with E-state index in [2.05, 4.69) is 20.2 Å². The Morgan fingerprint density at radius 3 is 3.00 bits per heavy atom. The van der Waals surface area contributed by atoms with Gasteiger partial charge in [-0.3, -0.25) is 9.69 Å². The van der Waals surface area contributed by atoms with Crippen LogP contribution >= 0.6 is 11.3 Å². The van der Waals surface area contributed by atoms with Crippen molar-refractivity contribution in [2.45, 2.75) is 13.0 Å². The predicted octanol–water partition coefficient (Wildman–Crippen LogP) is 2.97. The Bertz CT molecular complexity index is 827. The van der Waals surface area contributed by atoms with Crippen molar-refractivity contribution in [3.05, 3.63) is 52.6 Å². The molecule has 0 unspecified atom stereocenters. The van der Waals surface area contributed by atoms with E-state index in [1.54, 1.807) is 11.3 Å². The highest BCUT2D eigenvalue weighted by molar-refractivity contribution is 7.07. The molecule has 1 amide bonds. The van der Waals surface area contributed by atoms with E-state index in [1.807, 2.05) is 40.9 Å². The third-order valence-corrected chi connectivity index (χ3v) is 5.20. The summed E-state index contributed by atoms with van der Waals surface area (Å²) >= 11 is 1.63. The predicted molar refractivity (Wildman–Crippen MR) is 96.2 cm³/mol. The first kappa shape index (κ1) is 15.4. The molecule has 4 rings (SSSR count). The number of carbonyl (C=O) groups excluding carboxylic acids is 1. The summed E-state index contributed by atoms with van der Waals surface area (Å²) in [6, 6.07) is 7.97. The number of aromatic nitrogens is 2. The van der Waals surface area contributed by atoms with Crippen LogP contribution in [0, 0.1) is 0 Å². The summed E-state index contributed by atoms with van der Waals surface area (Å²) in [5.41, 5.74) is 4.79. The van der Waals surface area contributed by atoms with Crippen LogP contribution in [0.5, 0.6) is 0 Å². The number of nitrogens with zero attached hydrogens (tertiary/aromatic N) is 3. The number of carbonyl (C=O) groups is 1. The van der Waals surface area contributed by atoms with Crippen molar-refractivity contribution in [3.63, 3.8) is 0 Å². The average molecular weight is 340 g/mol. The number of fused-ring (bicyclic) bond motifs is 1. The maximum Gasteiger partial charge on any atom is 0.256 e. The van der Waals surface area contributed by atoms with E-state index in [9.17, 15) is 4.79 Å². The van der Waals surface area contributed by atoms with Crippen LogP contribution in [-0.4, -0.2) is 51.9 Å². The van der Waals surface area contributed by atoms with Crippen LogP contribution in [0.25, 0.3) is 10.9 Å². The monoisotopic (exact) mass is 340 g/mol. The Morgan fingerprint density at radius 2 is 2.12 bits per heavy atom. The standard InChI is InChI=1S/C18H20N4OS/c23-18(16-10-19-17-5-2-1-4-15(16)17)22-7-3-6-21(8-9-22)11-14-12-24-13-20-14/h1-2,4-5,10,12-13,19H,3,6-9,11H2. The van der Waals surface area contributed by atoms with E-state index in [-0.39, 0.29) is 5.91 Å². The lowest BCUT2D eigenvalue weighted by molar-refractivity contribution is 0.0763. The van der Waals surface area contributed by atoms with Gasteiger partial charge in [-0.15, -0.1) is 11.3 Å². The first-order chi connectivity index (χ1) is 11.8. The Hall–Kier alpha value is -2.18. The molecule has 0 bridgehead atoms. The number of para-hydroxylation sites is 1. The number of H-pyrrole nitrogens is 1. The summed E-state index contributed by atoms with van der Waals surface area (Å²) in [4.78, 5) is 24.9. The number of benzene rings is 1. The van der Waals surface area contributed by atoms with E-state index < -0.39 is 0 Å². The van der Waals surface area contributed by atoms with Gasteiger partial charge in [0.1, 0.15) is 0 Å². The smallest absolute Gasteiger partial charge is 0.256 e. The summed E-state index contributed by atoms with van der Waals surface area (Å²) in [6.45, 7) is 4.35. The molecule has 1 fully saturated rings. The zero-order valence-corrected chi connectivity index (χ0v) is 14.3. The second-order valence-electron chi connectivity index (χ2n) is 6.15. The van der Waals surface area contributed by atoms with Gasteiger partial charge in [-0.25, -0.2) is 4.98 Å². The van der Waals surface area contributed by atoms with Crippen molar-refractivity contribution >= 4 is 28.1 Å². The molecule has 3 aromatic rings. The van der Waals surface area contributed by atoms with Gasteiger partial charge < -0.3 is 9.88 Å². The number of thiazole rings is 1. The summed E-state index contributed by atoms with van der Waals surface area (Å²) in [5.74, 6) is 0.128. The van der Waals surface area contributed by atoms with E-state index in [0.717, 1.165) is 61.3 Å². The van der Waals surface area contributed by atoms with Crippen LogP contribution < -0.4 is 0 Å². The Kier molecular flexibility index (Phi) is 4.32. The fourth-order valence-electron chi connectivity index (χ4n) is 3.30. The van der Waals surface area contributed by atoms with Crippen LogP contribution in [-0.2, 0) is 6.54 Å². The zero-order valence-electron chi connectivity index (χ0n) is 13.4. The highest BCUT2D eigenvalue weighted by Crippen LogP contribution is 2.20. The molecule has 0 spiro atoms. The fourth-order valence-corrected chi connectivity index (χ4v) is 3.85. The quantitative estimate of drug-likeness (QED) is 0.797. The van der Waals surface area contributed by atoms with Crippen molar-refractivity contribution < 1.29 is 4.79 Å². The van der Waals surface area contributed by atoms with Crippen molar-refractivity contribution in [3.8, 4) is 0 Å².